The molecule has 0 fully saturated rings. The summed E-state index contributed by atoms with van der Waals surface area (Å²) in [4.78, 5) is 61.9. The SMILES string of the molecule is CCn1nc(C)cc1C(=O)N=c1n(C)c2cc(C(N)=O)ccc2n1C/C(C)=C(\C)Cn1c(=NC(=O)c2cc(C)nn2CC)n(C)c2cc(C(N)=O)cc(OCCCOC)c21. The Balaban J connectivity index is 1.55. The molecular formula is C42H52N12O6. The number of aromatic nitrogens is 8. The van der Waals surface area contributed by atoms with Crippen molar-refractivity contribution in [1.29, 1.82) is 0 Å². The van der Waals surface area contributed by atoms with Gasteiger partial charge in [0.2, 0.25) is 23.1 Å². The topological polar surface area (TPSA) is 219 Å². The zero-order valence-electron chi connectivity index (χ0n) is 35.6. The van der Waals surface area contributed by atoms with Crippen LogP contribution in [-0.4, -0.2) is 81.8 Å². The van der Waals surface area contributed by atoms with Crippen molar-refractivity contribution in [2.24, 2.45) is 35.5 Å². The van der Waals surface area contributed by atoms with Crippen molar-refractivity contribution in [2.45, 2.75) is 74.1 Å². The summed E-state index contributed by atoms with van der Waals surface area (Å²) in [5, 5.41) is 8.88. The molecule has 6 aromatic rings. The van der Waals surface area contributed by atoms with Gasteiger partial charge in [-0.1, -0.05) is 11.1 Å². The summed E-state index contributed by atoms with van der Waals surface area (Å²) in [5.41, 5.74) is 19.0. The molecule has 0 aliphatic rings. The summed E-state index contributed by atoms with van der Waals surface area (Å²) in [5.74, 6) is -1.80. The zero-order valence-corrected chi connectivity index (χ0v) is 35.6. The molecule has 316 valence electrons. The van der Waals surface area contributed by atoms with Crippen LogP contribution in [0.5, 0.6) is 5.75 Å². The average molecular weight is 821 g/mol. The normalized spacial score (nSPS) is 12.8. The van der Waals surface area contributed by atoms with E-state index in [1.807, 2.05) is 50.7 Å². The standard InChI is InChI=1S/C42H52N12O6/c1-10-53-33(17-26(5)47-53)39(57)45-41-49(7)31-19-28(37(43)55)13-14-30(31)51(41)22-24(3)25(4)23-52-36-32(20-29(38(44)56)21-35(36)60-16-12-15-59-9)50(8)42(52)46-40(58)34-18-27(6)48-54(34)11-2/h13-14,17-21H,10-12,15-16,22-23H2,1-9H3,(H2,43,55)(H2,44,56)/b25-24+,45-41?,46-42?. The van der Waals surface area contributed by atoms with Gasteiger partial charge in [-0.3, -0.25) is 28.5 Å². The van der Waals surface area contributed by atoms with Gasteiger partial charge in [0.25, 0.3) is 11.8 Å². The van der Waals surface area contributed by atoms with E-state index in [4.69, 9.17) is 20.9 Å². The van der Waals surface area contributed by atoms with E-state index in [2.05, 4.69) is 20.2 Å². The molecular weight excluding hydrogens is 769 g/mol. The lowest BCUT2D eigenvalue weighted by molar-refractivity contribution is 0.0977. The molecule has 4 amide bonds. The summed E-state index contributed by atoms with van der Waals surface area (Å²) < 4.78 is 22.1. The summed E-state index contributed by atoms with van der Waals surface area (Å²) in [7, 11) is 5.15. The van der Waals surface area contributed by atoms with Crippen LogP contribution in [0, 0.1) is 13.8 Å². The molecule has 18 heteroatoms. The average Bonchev–Trinajstić information content (AvgIpc) is 3.94. The molecule has 0 radical (unpaired) electrons. The Morgan fingerprint density at radius 1 is 0.683 bits per heavy atom. The maximum atomic E-state index is 14.0. The maximum absolute atomic E-state index is 14.0. The summed E-state index contributed by atoms with van der Waals surface area (Å²) in [6.45, 7) is 13.6. The fourth-order valence-corrected chi connectivity index (χ4v) is 7.25. The molecule has 0 saturated carbocycles. The minimum atomic E-state index is -0.640. The number of hydrogen-bond acceptors (Lipinski definition) is 8. The van der Waals surface area contributed by atoms with Crippen LogP contribution in [0.25, 0.3) is 22.1 Å². The molecule has 4 aromatic heterocycles. The lowest BCUT2D eigenvalue weighted by Gasteiger charge is -2.14. The number of aryl methyl sites for hydroxylation is 6. The molecule has 4 N–H and O–H groups in total. The van der Waals surface area contributed by atoms with Crippen molar-refractivity contribution in [3.63, 3.8) is 0 Å². The summed E-state index contributed by atoms with van der Waals surface area (Å²) in [6.07, 6.45) is 0.583. The first-order valence-corrected chi connectivity index (χ1v) is 19.6. The van der Waals surface area contributed by atoms with E-state index >= 15 is 0 Å². The van der Waals surface area contributed by atoms with Crippen molar-refractivity contribution < 1.29 is 28.7 Å². The van der Waals surface area contributed by atoms with Gasteiger partial charge in [-0.2, -0.15) is 20.2 Å². The molecule has 6 rings (SSSR count). The highest BCUT2D eigenvalue weighted by Crippen LogP contribution is 2.29. The number of ether oxygens (including phenoxy) is 2. The third kappa shape index (κ3) is 8.36. The van der Waals surface area contributed by atoms with Gasteiger partial charge in [0.15, 0.2) is 0 Å². The number of carbonyl (C=O) groups excluding carboxylic acids is 4. The monoisotopic (exact) mass is 820 g/mol. The van der Waals surface area contributed by atoms with Gasteiger partial charge in [-0.25, -0.2) is 0 Å². The Morgan fingerprint density at radius 2 is 1.20 bits per heavy atom. The van der Waals surface area contributed by atoms with Crippen LogP contribution in [0.15, 0.2) is 63.6 Å². The van der Waals surface area contributed by atoms with Gasteiger partial charge < -0.3 is 39.2 Å². The first kappa shape index (κ1) is 42.8. The predicted molar refractivity (Wildman–Crippen MR) is 224 cm³/mol. The van der Waals surface area contributed by atoms with E-state index in [-0.39, 0.29) is 25.3 Å². The third-order valence-corrected chi connectivity index (χ3v) is 10.5. The lowest BCUT2D eigenvalue weighted by atomic mass is 10.1. The first-order chi connectivity index (χ1) is 28.6. The second kappa shape index (κ2) is 17.6. The first-order valence-electron chi connectivity index (χ1n) is 19.6. The largest absolute Gasteiger partial charge is 0.491 e. The van der Waals surface area contributed by atoms with E-state index in [1.165, 1.54) is 0 Å². The number of methoxy groups -OCH3 is 1. The van der Waals surface area contributed by atoms with Crippen molar-refractivity contribution in [2.75, 3.05) is 20.3 Å². The van der Waals surface area contributed by atoms with E-state index in [0.717, 1.165) is 11.1 Å². The van der Waals surface area contributed by atoms with Gasteiger partial charge in [-0.15, -0.1) is 0 Å². The number of benzene rings is 2. The van der Waals surface area contributed by atoms with Crippen LogP contribution < -0.4 is 27.4 Å². The number of fused-ring (bicyclic) bond motifs is 2. The molecule has 0 saturated heterocycles. The lowest BCUT2D eigenvalue weighted by Crippen LogP contribution is -2.28. The quantitative estimate of drug-likeness (QED) is 0.115. The number of nitrogens with two attached hydrogens (primary N) is 2. The van der Waals surface area contributed by atoms with Crippen LogP contribution in [-0.2, 0) is 45.0 Å². The second-order valence-electron chi connectivity index (χ2n) is 14.7. The Kier molecular flexibility index (Phi) is 12.5. The van der Waals surface area contributed by atoms with Gasteiger partial charge in [0.05, 0.1) is 34.5 Å². The van der Waals surface area contributed by atoms with Crippen molar-refractivity contribution in [1.82, 2.24) is 37.8 Å². The molecule has 0 spiro atoms. The van der Waals surface area contributed by atoms with Gasteiger partial charge in [0, 0.05) is 71.5 Å². The fourth-order valence-electron chi connectivity index (χ4n) is 7.25. The molecule has 60 heavy (non-hydrogen) atoms. The van der Waals surface area contributed by atoms with Gasteiger partial charge in [-0.05, 0) is 84.0 Å². The molecule has 18 nitrogen and oxygen atoms in total. The van der Waals surface area contributed by atoms with E-state index in [0.29, 0.717) is 93.5 Å². The molecule has 4 heterocycles. The number of hydrogen-bond donors (Lipinski definition) is 2. The molecule has 0 aliphatic carbocycles. The number of primary amides is 2. The number of nitrogens with zero attached hydrogens (tertiary/aromatic N) is 10. The Bertz CT molecular complexity index is 2860. The number of rotatable bonds is 15. The predicted octanol–water partition coefficient (Wildman–Crippen LogP) is 3.45. The number of amides is 4. The van der Waals surface area contributed by atoms with Crippen molar-refractivity contribution in [3.8, 4) is 5.75 Å². The Labute approximate surface area is 346 Å². The van der Waals surface area contributed by atoms with Crippen molar-refractivity contribution >= 4 is 45.7 Å². The van der Waals surface area contributed by atoms with Crippen LogP contribution in [0.2, 0.25) is 0 Å². The highest BCUT2D eigenvalue weighted by molar-refractivity contribution is 5.99. The highest BCUT2D eigenvalue weighted by atomic mass is 16.5. The van der Waals surface area contributed by atoms with E-state index < -0.39 is 23.6 Å². The summed E-state index contributed by atoms with van der Waals surface area (Å²) >= 11 is 0. The van der Waals surface area contributed by atoms with E-state index in [9.17, 15) is 19.2 Å². The molecule has 0 bridgehead atoms. The van der Waals surface area contributed by atoms with Crippen LogP contribution >= 0.6 is 0 Å². The molecule has 0 aliphatic heterocycles. The smallest absolute Gasteiger partial charge is 0.298 e. The van der Waals surface area contributed by atoms with Gasteiger partial charge >= 0.3 is 0 Å². The molecule has 2 aromatic carbocycles. The zero-order chi connectivity index (χ0) is 43.6. The van der Waals surface area contributed by atoms with Crippen LogP contribution in [0.3, 0.4) is 0 Å². The summed E-state index contributed by atoms with van der Waals surface area (Å²) in [6, 6.07) is 11.8. The highest BCUT2D eigenvalue weighted by Gasteiger charge is 2.22. The van der Waals surface area contributed by atoms with Gasteiger partial charge in [0.1, 0.15) is 22.7 Å². The molecule has 0 atom stereocenters. The fraction of sp³-hybridized carbons (Fsp3) is 0.381. The Hall–Kier alpha value is -6.82. The molecule has 0 unspecified atom stereocenters. The number of imidazole rings is 2. The number of carbonyl (C=O) groups is 4. The van der Waals surface area contributed by atoms with Crippen molar-refractivity contribution in [3.05, 3.63) is 98.7 Å². The third-order valence-electron chi connectivity index (χ3n) is 10.5. The maximum Gasteiger partial charge on any atom is 0.298 e. The second-order valence-corrected chi connectivity index (χ2v) is 14.7. The van der Waals surface area contributed by atoms with E-state index in [1.54, 1.807) is 82.2 Å². The Morgan fingerprint density at radius 3 is 1.73 bits per heavy atom. The minimum Gasteiger partial charge on any atom is -0.491 e. The van der Waals surface area contributed by atoms with Crippen LogP contribution in [0.4, 0.5) is 0 Å². The van der Waals surface area contributed by atoms with Crippen LogP contribution in [0.1, 0.15) is 87.2 Å². The number of allylic oxidation sites excluding steroid dienone is 2. The minimum absolute atomic E-state index is 0.229.